The van der Waals surface area contributed by atoms with E-state index in [1.54, 1.807) is 5.57 Å². The summed E-state index contributed by atoms with van der Waals surface area (Å²) in [6.45, 7) is 14.0. The minimum atomic E-state index is -0.631. The minimum absolute atomic E-state index is 0.107. The first-order chi connectivity index (χ1) is 20.5. The van der Waals surface area contributed by atoms with Crippen molar-refractivity contribution in [3.8, 4) is 0 Å². The normalized spacial score (nSPS) is 47.4. The monoisotopic (exact) mass is 591 g/mol. The number of aliphatic carboxylic acids is 1. The molecule has 10 atom stereocenters. The van der Waals surface area contributed by atoms with Gasteiger partial charge in [-0.05, 0) is 134 Å². The van der Waals surface area contributed by atoms with Gasteiger partial charge in [0.2, 0.25) is 0 Å². The zero-order valence-electron chi connectivity index (χ0n) is 27.4. The Morgan fingerprint density at radius 1 is 1.00 bits per heavy atom. The van der Waals surface area contributed by atoms with Crippen LogP contribution in [0.4, 0.5) is 4.79 Å². The van der Waals surface area contributed by atoms with Gasteiger partial charge in [0.25, 0.3) is 0 Å². The molecule has 6 aliphatic carbocycles. The third kappa shape index (κ3) is 4.41. The molecule has 1 saturated heterocycles. The third-order valence-corrected chi connectivity index (χ3v) is 15.5. The van der Waals surface area contributed by atoms with Gasteiger partial charge < -0.3 is 20.6 Å². The van der Waals surface area contributed by atoms with Crippen molar-refractivity contribution in [2.75, 3.05) is 26.2 Å². The quantitative estimate of drug-likeness (QED) is 0.306. The van der Waals surface area contributed by atoms with Gasteiger partial charge in [0.05, 0.1) is 5.92 Å². The van der Waals surface area contributed by atoms with Gasteiger partial charge in [0, 0.05) is 31.7 Å². The Morgan fingerprint density at radius 3 is 2.56 bits per heavy atom. The summed E-state index contributed by atoms with van der Waals surface area (Å²) >= 11 is 0. The molecule has 2 amide bonds. The van der Waals surface area contributed by atoms with Crippen molar-refractivity contribution in [2.24, 2.45) is 51.8 Å². The summed E-state index contributed by atoms with van der Waals surface area (Å²) in [5.41, 5.74) is 4.41. The van der Waals surface area contributed by atoms with E-state index in [-0.39, 0.29) is 17.5 Å². The zero-order valence-corrected chi connectivity index (χ0v) is 27.4. The van der Waals surface area contributed by atoms with Crippen LogP contribution in [0.25, 0.3) is 0 Å². The van der Waals surface area contributed by atoms with Crippen LogP contribution >= 0.6 is 0 Å². The van der Waals surface area contributed by atoms with Crippen LogP contribution in [0.5, 0.6) is 0 Å². The highest BCUT2D eigenvalue weighted by atomic mass is 16.4. The molecule has 0 aromatic rings. The lowest BCUT2D eigenvalue weighted by atomic mass is 9.34. The summed E-state index contributed by atoms with van der Waals surface area (Å²) in [5, 5.41) is 16.6. The number of carbonyl (C=O) groups excluding carboxylic acids is 1. The molecular formula is C37H57N3O3. The summed E-state index contributed by atoms with van der Waals surface area (Å²) in [6, 6.07) is 0.107. The van der Waals surface area contributed by atoms with Crippen LogP contribution in [-0.4, -0.2) is 53.7 Å². The maximum absolute atomic E-state index is 12.1. The van der Waals surface area contributed by atoms with Crippen molar-refractivity contribution in [3.63, 3.8) is 0 Å². The van der Waals surface area contributed by atoms with E-state index in [9.17, 15) is 14.7 Å². The Balaban J connectivity index is 1.09. The summed E-state index contributed by atoms with van der Waals surface area (Å²) in [5.74, 6) is 2.80. The number of hydrogen-bond acceptors (Lipinski definition) is 3. The van der Waals surface area contributed by atoms with Crippen molar-refractivity contribution >= 4 is 12.0 Å². The van der Waals surface area contributed by atoms with Gasteiger partial charge >= 0.3 is 12.0 Å². The molecule has 6 nitrogen and oxygen atoms in total. The van der Waals surface area contributed by atoms with Crippen molar-refractivity contribution in [1.29, 1.82) is 0 Å². The van der Waals surface area contributed by atoms with Gasteiger partial charge in [-0.2, -0.15) is 0 Å². The molecule has 5 fully saturated rings. The first kappa shape index (κ1) is 29.9. The number of urea groups is 1. The predicted octanol–water partition coefficient (Wildman–Crippen LogP) is 7.17. The highest BCUT2D eigenvalue weighted by Gasteiger charge is 2.68. The molecule has 4 saturated carbocycles. The fourth-order valence-corrected chi connectivity index (χ4v) is 13.0. The summed E-state index contributed by atoms with van der Waals surface area (Å²) in [7, 11) is 0. The van der Waals surface area contributed by atoms with E-state index in [4.69, 9.17) is 0 Å². The van der Waals surface area contributed by atoms with Crippen LogP contribution in [-0.2, 0) is 4.79 Å². The smallest absolute Gasteiger partial charge is 0.317 e. The maximum Gasteiger partial charge on any atom is 0.317 e. The van der Waals surface area contributed by atoms with E-state index < -0.39 is 5.97 Å². The highest BCUT2D eigenvalue weighted by molar-refractivity contribution is 5.76. The van der Waals surface area contributed by atoms with E-state index in [2.05, 4.69) is 50.5 Å². The lowest BCUT2D eigenvalue weighted by Gasteiger charge is -2.71. The molecule has 0 aromatic heterocycles. The second kappa shape index (κ2) is 10.6. The van der Waals surface area contributed by atoms with Crippen LogP contribution in [0.15, 0.2) is 23.3 Å². The van der Waals surface area contributed by atoms with Crippen LogP contribution in [0.1, 0.15) is 111 Å². The van der Waals surface area contributed by atoms with E-state index in [0.29, 0.717) is 28.6 Å². The van der Waals surface area contributed by atoms with E-state index in [1.807, 2.05) is 4.90 Å². The maximum atomic E-state index is 12.1. The lowest BCUT2D eigenvalue weighted by molar-refractivity contribution is -0.212. The predicted molar refractivity (Wildman–Crippen MR) is 170 cm³/mol. The zero-order chi connectivity index (χ0) is 30.2. The summed E-state index contributed by atoms with van der Waals surface area (Å²) in [6.07, 6.45) is 20.6. The Labute approximate surface area is 259 Å². The first-order valence-corrected chi connectivity index (χ1v) is 17.9. The Hall–Kier alpha value is -1.82. The molecule has 1 heterocycles. The highest BCUT2D eigenvalue weighted by Crippen LogP contribution is 2.75. The third-order valence-electron chi connectivity index (χ3n) is 15.5. The van der Waals surface area contributed by atoms with Crippen molar-refractivity contribution in [1.82, 2.24) is 15.5 Å². The van der Waals surface area contributed by atoms with Crippen molar-refractivity contribution in [2.45, 2.75) is 117 Å². The topological polar surface area (TPSA) is 81.7 Å². The average Bonchev–Trinajstić information content (AvgIpc) is 3.60. The summed E-state index contributed by atoms with van der Waals surface area (Å²) in [4.78, 5) is 25.6. The number of fused-ring (bicyclic) bond motifs is 7. The largest absolute Gasteiger partial charge is 0.481 e. The number of rotatable bonds is 6. The number of carbonyl (C=O) groups is 2. The molecule has 6 heteroatoms. The minimum Gasteiger partial charge on any atom is -0.481 e. The van der Waals surface area contributed by atoms with E-state index in [0.717, 1.165) is 62.7 Å². The fraction of sp³-hybridized carbons (Fsp3) is 0.838. The molecule has 0 aromatic carbocycles. The molecule has 3 N–H and O–H groups in total. The average molecular weight is 592 g/mol. The Bertz CT molecular complexity index is 1210. The number of carboxylic acids is 1. The SMILES string of the molecule is CC1C(C2=CC[C@H](C(=O)O)CC2)=CC[C@@]2(C)C1CC[C@]1(C)C2CCC2C3CCC[C@]3(NCCN3CCNC3=O)CC[C@]21C. The Morgan fingerprint density at radius 2 is 1.84 bits per heavy atom. The number of amides is 2. The van der Waals surface area contributed by atoms with Crippen LogP contribution < -0.4 is 10.6 Å². The van der Waals surface area contributed by atoms with Gasteiger partial charge in [-0.3, -0.25) is 4.79 Å². The summed E-state index contributed by atoms with van der Waals surface area (Å²) < 4.78 is 0. The van der Waals surface area contributed by atoms with Gasteiger partial charge in [-0.1, -0.05) is 46.3 Å². The number of nitrogens with zero attached hydrogens (tertiary/aromatic N) is 1. The first-order valence-electron chi connectivity index (χ1n) is 17.9. The van der Waals surface area contributed by atoms with E-state index >= 15 is 0 Å². The number of allylic oxidation sites excluding steroid dienone is 4. The second-order valence-electron chi connectivity index (χ2n) is 16.7. The molecule has 0 bridgehead atoms. The number of carboxylic acid groups (broad SMARTS) is 1. The fourth-order valence-electron chi connectivity index (χ4n) is 13.0. The van der Waals surface area contributed by atoms with E-state index in [1.165, 1.54) is 69.8 Å². The number of nitrogens with one attached hydrogen (secondary N) is 2. The lowest BCUT2D eigenvalue weighted by Crippen LogP contribution is -2.67. The molecule has 0 spiro atoms. The molecule has 7 rings (SSSR count). The molecule has 0 radical (unpaired) electrons. The molecule has 1 aliphatic heterocycles. The van der Waals surface area contributed by atoms with Crippen LogP contribution in [0.3, 0.4) is 0 Å². The molecule has 238 valence electrons. The molecule has 7 aliphatic rings. The van der Waals surface area contributed by atoms with Gasteiger partial charge in [0.15, 0.2) is 0 Å². The van der Waals surface area contributed by atoms with Crippen molar-refractivity contribution < 1.29 is 14.7 Å². The number of hydrogen-bond donors (Lipinski definition) is 3. The Kier molecular flexibility index (Phi) is 7.38. The van der Waals surface area contributed by atoms with Gasteiger partial charge in [-0.15, -0.1) is 0 Å². The van der Waals surface area contributed by atoms with Crippen molar-refractivity contribution in [3.05, 3.63) is 23.3 Å². The van der Waals surface area contributed by atoms with Gasteiger partial charge in [-0.25, -0.2) is 4.79 Å². The molecular weight excluding hydrogens is 534 g/mol. The molecule has 5 unspecified atom stereocenters. The van der Waals surface area contributed by atoms with Crippen LogP contribution in [0, 0.1) is 51.8 Å². The molecule has 43 heavy (non-hydrogen) atoms. The standard InChI is InChI=1S/C37H57N3O3/c1-24-27(25-7-9-26(10-8-25)32(41)42)13-16-34(2)28(24)14-17-36(4)31(34)12-11-29-30-6-5-15-37(30,19-18-35(29,36)3)39-21-23-40-22-20-38-33(40)43/h7,13,24,26,28-31,39H,5-6,8-12,14-23H2,1-4H3,(H,38,43)(H,41,42)/t24?,26-,28?,29?,30?,31?,34-,35+,36+,37-/m0/s1. The van der Waals surface area contributed by atoms with Gasteiger partial charge in [0.1, 0.15) is 0 Å². The van der Waals surface area contributed by atoms with Crippen LogP contribution in [0.2, 0.25) is 0 Å². The second-order valence-corrected chi connectivity index (χ2v) is 16.7.